The lowest BCUT2D eigenvalue weighted by Gasteiger charge is -1.97. The van der Waals surface area contributed by atoms with Gasteiger partial charge in [0, 0.05) is 17.5 Å². The largest absolute Gasteiger partial charge is 0.453 e. The first-order valence-corrected chi connectivity index (χ1v) is 7.35. The van der Waals surface area contributed by atoms with Gasteiger partial charge in [0.2, 0.25) is 5.76 Å². The highest BCUT2D eigenvalue weighted by Gasteiger charge is 2.14. The Kier molecular flexibility index (Phi) is 3.38. The number of aromatic nitrogens is 2. The number of furan rings is 1. The predicted octanol–water partition coefficient (Wildman–Crippen LogP) is 3.31. The second kappa shape index (κ2) is 5.69. The van der Waals surface area contributed by atoms with Crippen molar-refractivity contribution in [1.29, 1.82) is 0 Å². The molecule has 1 aromatic carbocycles. The normalized spacial score (nSPS) is 11.0. The zero-order valence-corrected chi connectivity index (χ0v) is 12.8. The third-order valence-corrected chi connectivity index (χ3v) is 3.52. The predicted molar refractivity (Wildman–Crippen MR) is 84.1 cm³/mol. The molecule has 24 heavy (non-hydrogen) atoms. The number of carbonyl (C=O) groups is 1. The molecule has 0 fully saturated rings. The molecule has 7 nitrogen and oxygen atoms in total. The number of hydrogen-bond donors (Lipinski definition) is 1. The van der Waals surface area contributed by atoms with Crippen LogP contribution in [0.3, 0.4) is 0 Å². The van der Waals surface area contributed by atoms with E-state index in [1.165, 1.54) is 0 Å². The van der Waals surface area contributed by atoms with E-state index in [1.807, 2.05) is 30.3 Å². The Morgan fingerprint density at radius 1 is 1.08 bits per heavy atom. The minimum atomic E-state index is -0.333. The average molecular weight is 323 g/mol. The highest BCUT2D eigenvalue weighted by Crippen LogP contribution is 2.28. The van der Waals surface area contributed by atoms with Crippen molar-refractivity contribution in [2.45, 2.75) is 13.5 Å². The number of rotatable bonds is 4. The van der Waals surface area contributed by atoms with Crippen molar-refractivity contribution in [3.8, 4) is 11.5 Å². The number of para-hydroxylation sites is 1. The van der Waals surface area contributed by atoms with Crippen LogP contribution in [0.15, 0.2) is 55.9 Å². The summed E-state index contributed by atoms with van der Waals surface area (Å²) in [6, 6.07) is 12.9. The summed E-state index contributed by atoms with van der Waals surface area (Å²) in [4.78, 5) is 11.9. The lowest BCUT2D eigenvalue weighted by molar-refractivity contribution is 0.0941. The second-order valence-electron chi connectivity index (χ2n) is 5.34. The lowest BCUT2D eigenvalue weighted by Crippen LogP contribution is -2.23. The van der Waals surface area contributed by atoms with E-state index in [0.29, 0.717) is 23.0 Å². The van der Waals surface area contributed by atoms with E-state index in [-0.39, 0.29) is 18.1 Å². The molecule has 120 valence electrons. The molecule has 7 heteroatoms. The van der Waals surface area contributed by atoms with Crippen molar-refractivity contribution in [3.63, 3.8) is 0 Å². The molecule has 0 aliphatic rings. The highest BCUT2D eigenvalue weighted by molar-refractivity contribution is 5.92. The summed E-state index contributed by atoms with van der Waals surface area (Å²) in [5.74, 6) is 1.34. The van der Waals surface area contributed by atoms with Gasteiger partial charge in [-0.2, -0.15) is 0 Å². The first-order valence-electron chi connectivity index (χ1n) is 7.35. The van der Waals surface area contributed by atoms with E-state index < -0.39 is 0 Å². The van der Waals surface area contributed by atoms with Crippen LogP contribution >= 0.6 is 0 Å². The van der Waals surface area contributed by atoms with Crippen molar-refractivity contribution in [2.24, 2.45) is 0 Å². The summed E-state index contributed by atoms with van der Waals surface area (Å²) in [5.41, 5.74) is 1.59. The number of aryl methyl sites for hydroxylation is 1. The van der Waals surface area contributed by atoms with Crippen molar-refractivity contribution in [2.75, 3.05) is 0 Å². The summed E-state index contributed by atoms with van der Waals surface area (Å²) in [5, 5.41) is 11.3. The fourth-order valence-electron chi connectivity index (χ4n) is 2.35. The van der Waals surface area contributed by atoms with Gasteiger partial charge in [-0.25, -0.2) is 0 Å². The number of amides is 1. The quantitative estimate of drug-likeness (QED) is 0.619. The van der Waals surface area contributed by atoms with Crippen molar-refractivity contribution < 1.29 is 18.3 Å². The minimum absolute atomic E-state index is 0.217. The Morgan fingerprint density at radius 3 is 2.75 bits per heavy atom. The standard InChI is InChI=1S/C17H13N3O4/c1-10-6-13(20-23-10)17(21)18-9-12-8-16(24-19-12)15-7-11-4-2-3-5-14(11)22-15/h2-8H,9H2,1H3,(H,18,21). The van der Waals surface area contributed by atoms with Gasteiger partial charge in [-0.15, -0.1) is 0 Å². The van der Waals surface area contributed by atoms with Gasteiger partial charge in [-0.1, -0.05) is 28.5 Å². The molecule has 1 N–H and O–H groups in total. The molecule has 3 aromatic heterocycles. The zero-order valence-electron chi connectivity index (χ0n) is 12.8. The van der Waals surface area contributed by atoms with Gasteiger partial charge in [0.15, 0.2) is 11.5 Å². The molecule has 0 saturated carbocycles. The average Bonchev–Trinajstić information content (AvgIpc) is 3.31. The third kappa shape index (κ3) is 2.67. The summed E-state index contributed by atoms with van der Waals surface area (Å²) in [7, 11) is 0. The summed E-state index contributed by atoms with van der Waals surface area (Å²) < 4.78 is 15.9. The van der Waals surface area contributed by atoms with E-state index in [2.05, 4.69) is 15.6 Å². The smallest absolute Gasteiger partial charge is 0.273 e. The van der Waals surface area contributed by atoms with Gasteiger partial charge in [0.05, 0.1) is 6.54 Å². The minimum Gasteiger partial charge on any atom is -0.453 e. The summed E-state index contributed by atoms with van der Waals surface area (Å²) >= 11 is 0. The number of benzene rings is 1. The number of carbonyl (C=O) groups excluding carboxylic acids is 1. The van der Waals surface area contributed by atoms with Crippen molar-refractivity contribution >= 4 is 16.9 Å². The Balaban J connectivity index is 1.47. The van der Waals surface area contributed by atoms with Crippen molar-refractivity contribution in [1.82, 2.24) is 15.6 Å². The maximum atomic E-state index is 11.9. The fourth-order valence-corrected chi connectivity index (χ4v) is 2.35. The summed E-state index contributed by atoms with van der Waals surface area (Å²) in [6.07, 6.45) is 0. The highest BCUT2D eigenvalue weighted by atomic mass is 16.5. The molecular weight excluding hydrogens is 310 g/mol. The van der Waals surface area contributed by atoms with E-state index in [0.717, 1.165) is 11.0 Å². The molecular formula is C17H13N3O4. The SMILES string of the molecule is Cc1cc(C(=O)NCc2cc(-c3cc4ccccc4o3)on2)no1. The monoisotopic (exact) mass is 323 g/mol. The lowest BCUT2D eigenvalue weighted by atomic mass is 10.2. The zero-order chi connectivity index (χ0) is 16.5. The molecule has 0 saturated heterocycles. The molecule has 0 unspecified atom stereocenters. The fraction of sp³-hybridized carbons (Fsp3) is 0.118. The first-order chi connectivity index (χ1) is 11.7. The molecule has 0 radical (unpaired) electrons. The molecule has 4 aromatic rings. The van der Waals surface area contributed by atoms with Gasteiger partial charge in [-0.3, -0.25) is 4.79 Å². The van der Waals surface area contributed by atoms with E-state index in [1.54, 1.807) is 19.1 Å². The molecule has 0 spiro atoms. The maximum absolute atomic E-state index is 11.9. The number of nitrogens with one attached hydrogen (secondary N) is 1. The van der Waals surface area contributed by atoms with Crippen LogP contribution in [0.2, 0.25) is 0 Å². The van der Waals surface area contributed by atoms with Crippen LogP contribution in [0.4, 0.5) is 0 Å². The Bertz CT molecular complexity index is 979. The Hall–Kier alpha value is -3.35. The van der Waals surface area contributed by atoms with Crippen LogP contribution in [-0.4, -0.2) is 16.2 Å². The van der Waals surface area contributed by atoms with Gasteiger partial charge < -0.3 is 18.8 Å². The maximum Gasteiger partial charge on any atom is 0.273 e. The first kappa shape index (κ1) is 14.3. The van der Waals surface area contributed by atoms with Crippen LogP contribution < -0.4 is 5.32 Å². The number of nitrogens with zero attached hydrogens (tertiary/aromatic N) is 2. The van der Waals surface area contributed by atoms with Gasteiger partial charge in [0.25, 0.3) is 5.91 Å². The van der Waals surface area contributed by atoms with Gasteiger partial charge >= 0.3 is 0 Å². The second-order valence-corrected chi connectivity index (χ2v) is 5.34. The third-order valence-electron chi connectivity index (χ3n) is 3.52. The number of hydrogen-bond acceptors (Lipinski definition) is 6. The van der Waals surface area contributed by atoms with Crippen LogP contribution in [0.25, 0.3) is 22.5 Å². The topological polar surface area (TPSA) is 94.3 Å². The molecule has 0 atom stereocenters. The molecule has 0 bridgehead atoms. The molecule has 0 aliphatic carbocycles. The van der Waals surface area contributed by atoms with E-state index in [9.17, 15) is 4.79 Å². The van der Waals surface area contributed by atoms with E-state index in [4.69, 9.17) is 13.5 Å². The van der Waals surface area contributed by atoms with Crippen LogP contribution in [0.1, 0.15) is 21.9 Å². The molecule has 0 aliphatic heterocycles. The van der Waals surface area contributed by atoms with Crippen molar-refractivity contribution in [3.05, 3.63) is 59.6 Å². The van der Waals surface area contributed by atoms with E-state index >= 15 is 0 Å². The van der Waals surface area contributed by atoms with Gasteiger partial charge in [0.1, 0.15) is 17.0 Å². The molecule has 4 rings (SSSR count). The van der Waals surface area contributed by atoms with Crippen LogP contribution in [-0.2, 0) is 6.54 Å². The van der Waals surface area contributed by atoms with Crippen LogP contribution in [0.5, 0.6) is 0 Å². The van der Waals surface area contributed by atoms with Gasteiger partial charge in [-0.05, 0) is 19.1 Å². The summed E-state index contributed by atoms with van der Waals surface area (Å²) in [6.45, 7) is 1.94. The Morgan fingerprint density at radius 2 is 1.96 bits per heavy atom. The molecule has 3 heterocycles. The Labute approximate surface area is 136 Å². The van der Waals surface area contributed by atoms with Crippen LogP contribution in [0, 0.1) is 6.92 Å². The molecule has 1 amide bonds. The number of fused-ring (bicyclic) bond motifs is 1.